The van der Waals surface area contributed by atoms with E-state index in [1.54, 1.807) is 7.11 Å². The number of carbonyl (C=O) groups is 1. The molecule has 2 rings (SSSR count). The zero-order chi connectivity index (χ0) is 20.0. The number of methoxy groups -OCH3 is 1. The summed E-state index contributed by atoms with van der Waals surface area (Å²) in [4.78, 5) is 12.8. The average molecular weight is 370 g/mol. The van der Waals surface area contributed by atoms with Gasteiger partial charge in [0.05, 0.1) is 13.2 Å². The molecule has 2 atom stereocenters. The van der Waals surface area contributed by atoms with Gasteiger partial charge in [0.1, 0.15) is 11.5 Å². The van der Waals surface area contributed by atoms with E-state index in [9.17, 15) is 4.79 Å². The van der Waals surface area contributed by atoms with E-state index in [0.29, 0.717) is 18.1 Å². The Morgan fingerprint density at radius 2 is 1.74 bits per heavy atom. The summed E-state index contributed by atoms with van der Waals surface area (Å²) in [6, 6.07) is 13.5. The molecule has 27 heavy (non-hydrogen) atoms. The number of rotatable bonds is 8. The van der Waals surface area contributed by atoms with Crippen LogP contribution < -0.4 is 14.8 Å². The summed E-state index contributed by atoms with van der Waals surface area (Å²) >= 11 is 0. The van der Waals surface area contributed by atoms with Crippen molar-refractivity contribution in [2.24, 2.45) is 0 Å². The molecule has 0 saturated carbocycles. The maximum Gasteiger partial charge on any atom is 0.261 e. The number of carbonyl (C=O) groups excluding carboxylic acids is 1. The Kier molecular flexibility index (Phi) is 7.28. The molecule has 4 heteroatoms. The summed E-state index contributed by atoms with van der Waals surface area (Å²) < 4.78 is 11.4. The lowest BCUT2D eigenvalue weighted by atomic mass is 9.93. The van der Waals surface area contributed by atoms with Crippen molar-refractivity contribution in [3.8, 4) is 11.5 Å². The van der Waals surface area contributed by atoms with E-state index < -0.39 is 6.10 Å². The highest BCUT2D eigenvalue weighted by molar-refractivity contribution is 5.81. The first-order chi connectivity index (χ1) is 12.9. The SMILES string of the molecule is CC[C@@H](Oc1ccccc1)C(=O)N[C@H](C)c1cc(C(C)C)c(OC)cc1C. The smallest absolute Gasteiger partial charge is 0.261 e. The minimum Gasteiger partial charge on any atom is -0.496 e. The van der Waals surface area contributed by atoms with Crippen LogP contribution in [0.1, 0.15) is 62.8 Å². The van der Waals surface area contributed by atoms with Gasteiger partial charge in [-0.2, -0.15) is 0 Å². The number of hydrogen-bond acceptors (Lipinski definition) is 3. The molecule has 4 nitrogen and oxygen atoms in total. The topological polar surface area (TPSA) is 47.6 Å². The molecule has 0 radical (unpaired) electrons. The molecule has 0 fully saturated rings. The number of ether oxygens (including phenoxy) is 2. The van der Waals surface area contributed by atoms with Gasteiger partial charge in [-0.1, -0.05) is 39.0 Å². The van der Waals surface area contributed by atoms with Crippen molar-refractivity contribution in [1.29, 1.82) is 0 Å². The Morgan fingerprint density at radius 1 is 1.07 bits per heavy atom. The molecule has 0 aliphatic heterocycles. The van der Waals surface area contributed by atoms with Crippen LogP contribution in [0.25, 0.3) is 0 Å². The van der Waals surface area contributed by atoms with Crippen LogP contribution in [0.15, 0.2) is 42.5 Å². The maximum atomic E-state index is 12.8. The van der Waals surface area contributed by atoms with Crippen LogP contribution in [0.2, 0.25) is 0 Å². The number of hydrogen-bond donors (Lipinski definition) is 1. The van der Waals surface area contributed by atoms with Crippen LogP contribution in [0, 0.1) is 6.92 Å². The van der Waals surface area contributed by atoms with Crippen LogP contribution in [-0.2, 0) is 4.79 Å². The molecule has 0 aliphatic carbocycles. The highest BCUT2D eigenvalue weighted by Crippen LogP contribution is 2.32. The standard InChI is InChI=1S/C23H31NO3/c1-7-21(27-18-11-9-8-10-12-18)23(25)24-17(5)20-14-19(15(2)3)22(26-6)13-16(20)4/h8-15,17,21H,7H2,1-6H3,(H,24,25)/t17-,21-/m1/s1. The van der Waals surface area contributed by atoms with E-state index in [1.165, 1.54) is 0 Å². The van der Waals surface area contributed by atoms with Crippen molar-refractivity contribution < 1.29 is 14.3 Å². The molecule has 0 aliphatic rings. The van der Waals surface area contributed by atoms with Crippen molar-refractivity contribution in [1.82, 2.24) is 5.32 Å². The quantitative estimate of drug-likeness (QED) is 0.699. The highest BCUT2D eigenvalue weighted by atomic mass is 16.5. The fourth-order valence-corrected chi connectivity index (χ4v) is 3.18. The second kappa shape index (κ2) is 9.45. The summed E-state index contributed by atoms with van der Waals surface area (Å²) in [6.07, 6.45) is 0.0877. The van der Waals surface area contributed by atoms with Crippen molar-refractivity contribution in [3.63, 3.8) is 0 Å². The van der Waals surface area contributed by atoms with Gasteiger partial charge in [-0.15, -0.1) is 0 Å². The Morgan fingerprint density at radius 3 is 2.30 bits per heavy atom. The number of benzene rings is 2. The molecule has 0 aromatic heterocycles. The second-order valence-electron chi connectivity index (χ2n) is 7.16. The first kappa shape index (κ1) is 20.8. The van der Waals surface area contributed by atoms with Crippen LogP contribution in [0.3, 0.4) is 0 Å². The van der Waals surface area contributed by atoms with E-state index in [4.69, 9.17) is 9.47 Å². The third-order valence-corrected chi connectivity index (χ3v) is 4.75. The average Bonchev–Trinajstić information content (AvgIpc) is 2.65. The van der Waals surface area contributed by atoms with Gasteiger partial charge < -0.3 is 14.8 Å². The number of aryl methyl sites for hydroxylation is 1. The molecule has 0 saturated heterocycles. The highest BCUT2D eigenvalue weighted by Gasteiger charge is 2.22. The molecule has 0 bridgehead atoms. The summed E-state index contributed by atoms with van der Waals surface area (Å²) in [5.41, 5.74) is 3.34. The van der Waals surface area contributed by atoms with Gasteiger partial charge >= 0.3 is 0 Å². The fraction of sp³-hybridized carbons (Fsp3) is 0.435. The summed E-state index contributed by atoms with van der Waals surface area (Å²) in [6.45, 7) is 10.3. The maximum absolute atomic E-state index is 12.8. The van der Waals surface area contributed by atoms with Crippen molar-refractivity contribution in [3.05, 3.63) is 59.2 Å². The van der Waals surface area contributed by atoms with Gasteiger partial charge in [0.2, 0.25) is 0 Å². The number of para-hydroxylation sites is 1. The Labute approximate surface area is 162 Å². The fourth-order valence-electron chi connectivity index (χ4n) is 3.18. The third kappa shape index (κ3) is 5.25. The number of amides is 1. The summed E-state index contributed by atoms with van der Waals surface area (Å²) in [5.74, 6) is 1.83. The van der Waals surface area contributed by atoms with E-state index in [2.05, 4.69) is 25.2 Å². The van der Waals surface area contributed by atoms with E-state index in [0.717, 1.165) is 22.4 Å². The van der Waals surface area contributed by atoms with Gasteiger partial charge in [0.25, 0.3) is 5.91 Å². The zero-order valence-corrected chi connectivity index (χ0v) is 17.2. The van der Waals surface area contributed by atoms with Crippen LogP contribution in [0.4, 0.5) is 0 Å². The minimum atomic E-state index is -0.516. The largest absolute Gasteiger partial charge is 0.496 e. The van der Waals surface area contributed by atoms with Crippen LogP contribution >= 0.6 is 0 Å². The first-order valence-corrected chi connectivity index (χ1v) is 9.57. The molecule has 0 spiro atoms. The zero-order valence-electron chi connectivity index (χ0n) is 17.2. The molecule has 1 N–H and O–H groups in total. The van der Waals surface area contributed by atoms with Gasteiger partial charge in [-0.3, -0.25) is 4.79 Å². The Balaban J connectivity index is 2.16. The lowest BCUT2D eigenvalue weighted by Crippen LogP contribution is -2.39. The van der Waals surface area contributed by atoms with Gasteiger partial charge in [0, 0.05) is 0 Å². The molecule has 0 unspecified atom stereocenters. The van der Waals surface area contributed by atoms with Gasteiger partial charge in [-0.05, 0) is 67.1 Å². The monoisotopic (exact) mass is 369 g/mol. The van der Waals surface area contributed by atoms with E-state index in [-0.39, 0.29) is 11.9 Å². The first-order valence-electron chi connectivity index (χ1n) is 9.57. The molecule has 2 aromatic carbocycles. The van der Waals surface area contributed by atoms with Crippen molar-refractivity contribution in [2.45, 2.75) is 59.1 Å². The molecule has 146 valence electrons. The minimum absolute atomic E-state index is 0.102. The van der Waals surface area contributed by atoms with Crippen molar-refractivity contribution >= 4 is 5.91 Å². The lowest BCUT2D eigenvalue weighted by molar-refractivity contribution is -0.128. The van der Waals surface area contributed by atoms with Crippen molar-refractivity contribution in [2.75, 3.05) is 7.11 Å². The lowest BCUT2D eigenvalue weighted by Gasteiger charge is -2.23. The summed E-state index contributed by atoms with van der Waals surface area (Å²) in [5, 5.41) is 3.11. The predicted octanol–water partition coefficient (Wildman–Crippen LogP) is 5.16. The predicted molar refractivity (Wildman–Crippen MR) is 110 cm³/mol. The molecular formula is C23H31NO3. The normalized spacial score (nSPS) is 13.1. The third-order valence-electron chi connectivity index (χ3n) is 4.75. The van der Waals surface area contributed by atoms with Gasteiger partial charge in [0.15, 0.2) is 6.10 Å². The van der Waals surface area contributed by atoms with E-state index in [1.807, 2.05) is 57.2 Å². The second-order valence-corrected chi connectivity index (χ2v) is 7.16. The Hall–Kier alpha value is -2.49. The number of nitrogens with one attached hydrogen (secondary N) is 1. The van der Waals surface area contributed by atoms with Crippen LogP contribution in [-0.4, -0.2) is 19.1 Å². The molecular weight excluding hydrogens is 338 g/mol. The molecule has 2 aromatic rings. The molecule has 0 heterocycles. The molecule has 1 amide bonds. The van der Waals surface area contributed by atoms with Crippen LogP contribution in [0.5, 0.6) is 11.5 Å². The van der Waals surface area contributed by atoms with E-state index >= 15 is 0 Å². The Bertz CT molecular complexity index is 756. The summed E-state index contributed by atoms with van der Waals surface area (Å²) in [7, 11) is 1.69. The van der Waals surface area contributed by atoms with Gasteiger partial charge in [-0.25, -0.2) is 0 Å².